The number of nitrogens with zero attached hydrogens (tertiary/aromatic N) is 1. The highest BCUT2D eigenvalue weighted by molar-refractivity contribution is 5.55. The Labute approximate surface area is 146 Å². The molecule has 2 aromatic carbocycles. The Balaban J connectivity index is 1.70. The molecule has 0 unspecified atom stereocenters. The molecule has 0 bridgehead atoms. The van der Waals surface area contributed by atoms with Crippen LogP contribution in [0.5, 0.6) is 17.4 Å². The molecule has 0 fully saturated rings. The summed E-state index contributed by atoms with van der Waals surface area (Å²) < 4.78 is 23.9. The molecule has 0 saturated heterocycles. The molecule has 3 aromatic rings. The largest absolute Gasteiger partial charge is 0.497 e. The van der Waals surface area contributed by atoms with E-state index in [1.54, 1.807) is 25.4 Å². The van der Waals surface area contributed by atoms with E-state index in [-0.39, 0.29) is 5.82 Å². The van der Waals surface area contributed by atoms with E-state index >= 15 is 0 Å². The first kappa shape index (κ1) is 16.7. The van der Waals surface area contributed by atoms with Crippen LogP contribution in [0.25, 0.3) is 6.08 Å². The molecule has 0 aliphatic rings. The van der Waals surface area contributed by atoms with Gasteiger partial charge in [0.2, 0.25) is 5.88 Å². The van der Waals surface area contributed by atoms with Crippen LogP contribution in [-0.4, -0.2) is 12.1 Å². The molecule has 0 aliphatic carbocycles. The lowest BCUT2D eigenvalue weighted by molar-refractivity contribution is 0.414. The van der Waals surface area contributed by atoms with Gasteiger partial charge >= 0.3 is 0 Å². The van der Waals surface area contributed by atoms with Crippen LogP contribution in [0.4, 0.5) is 4.39 Å². The van der Waals surface area contributed by atoms with Crippen LogP contribution in [0.2, 0.25) is 0 Å². The topological polar surface area (TPSA) is 31.4 Å². The van der Waals surface area contributed by atoms with Crippen molar-refractivity contribution in [2.24, 2.45) is 0 Å². The van der Waals surface area contributed by atoms with E-state index in [4.69, 9.17) is 9.47 Å². The fourth-order valence-corrected chi connectivity index (χ4v) is 2.31. The second-order valence-corrected chi connectivity index (χ2v) is 5.41. The standard InChI is InChI=1S/C21H18FNO2/c1-24-19-11-7-16(8-12-19)4-2-5-17-6-3-15-23-21(17)25-20-13-9-18(22)10-14-20/h2-3,5-15H,4H2,1H3/b5-2+. The summed E-state index contributed by atoms with van der Waals surface area (Å²) in [7, 11) is 1.65. The Bertz CT molecular complexity index is 843. The third kappa shape index (κ3) is 4.67. The van der Waals surface area contributed by atoms with Gasteiger partial charge in [-0.05, 0) is 60.5 Å². The summed E-state index contributed by atoms with van der Waals surface area (Å²) in [5, 5.41) is 0. The second kappa shape index (κ2) is 8.11. The number of ether oxygens (including phenoxy) is 2. The number of aromatic nitrogens is 1. The highest BCUT2D eigenvalue weighted by Gasteiger charge is 2.04. The quantitative estimate of drug-likeness (QED) is 0.614. The Hall–Kier alpha value is -3.14. The Kier molecular flexibility index (Phi) is 5.42. The molecule has 3 rings (SSSR count). The van der Waals surface area contributed by atoms with Gasteiger partial charge in [-0.2, -0.15) is 0 Å². The molecular formula is C21H18FNO2. The van der Waals surface area contributed by atoms with Crippen LogP contribution in [0.15, 0.2) is 72.9 Å². The van der Waals surface area contributed by atoms with E-state index in [9.17, 15) is 4.39 Å². The van der Waals surface area contributed by atoms with Crippen LogP contribution in [0.3, 0.4) is 0 Å². The molecule has 3 nitrogen and oxygen atoms in total. The zero-order valence-electron chi connectivity index (χ0n) is 13.9. The SMILES string of the molecule is COc1ccc(C/C=C/c2cccnc2Oc2ccc(F)cc2)cc1. The predicted molar refractivity (Wildman–Crippen MR) is 96.4 cm³/mol. The van der Waals surface area contributed by atoms with Crippen LogP contribution < -0.4 is 9.47 Å². The minimum Gasteiger partial charge on any atom is -0.497 e. The summed E-state index contributed by atoms with van der Waals surface area (Å²) >= 11 is 0. The van der Waals surface area contributed by atoms with Crippen LogP contribution >= 0.6 is 0 Å². The summed E-state index contributed by atoms with van der Waals surface area (Å²) in [5.41, 5.74) is 2.04. The van der Waals surface area contributed by atoms with E-state index in [0.29, 0.717) is 11.6 Å². The monoisotopic (exact) mass is 335 g/mol. The number of pyridine rings is 1. The molecule has 0 N–H and O–H groups in total. The van der Waals surface area contributed by atoms with Gasteiger partial charge in [0.15, 0.2) is 0 Å². The molecule has 126 valence electrons. The zero-order valence-corrected chi connectivity index (χ0v) is 13.9. The van der Waals surface area contributed by atoms with Crippen molar-refractivity contribution in [3.05, 3.63) is 89.9 Å². The molecule has 0 saturated carbocycles. The van der Waals surface area contributed by atoms with Crippen molar-refractivity contribution in [2.75, 3.05) is 7.11 Å². The average Bonchev–Trinajstić information content (AvgIpc) is 2.65. The maximum absolute atomic E-state index is 13.0. The van der Waals surface area contributed by atoms with Crippen molar-refractivity contribution < 1.29 is 13.9 Å². The highest BCUT2D eigenvalue weighted by atomic mass is 19.1. The third-order valence-corrected chi connectivity index (χ3v) is 3.64. The molecular weight excluding hydrogens is 317 g/mol. The van der Waals surface area contributed by atoms with E-state index in [1.165, 1.54) is 17.7 Å². The first-order valence-corrected chi connectivity index (χ1v) is 7.92. The first-order chi connectivity index (χ1) is 12.2. The van der Waals surface area contributed by atoms with E-state index in [0.717, 1.165) is 17.7 Å². The van der Waals surface area contributed by atoms with Crippen LogP contribution in [0.1, 0.15) is 11.1 Å². The van der Waals surface area contributed by atoms with Gasteiger partial charge < -0.3 is 9.47 Å². The maximum Gasteiger partial charge on any atom is 0.226 e. The van der Waals surface area contributed by atoms with Gasteiger partial charge in [-0.1, -0.05) is 24.3 Å². The van der Waals surface area contributed by atoms with E-state index < -0.39 is 0 Å². The molecule has 0 spiro atoms. The summed E-state index contributed by atoms with van der Waals surface area (Å²) in [5.74, 6) is 1.58. The Morgan fingerprint density at radius 2 is 1.68 bits per heavy atom. The predicted octanol–water partition coefficient (Wildman–Crippen LogP) is 5.28. The number of benzene rings is 2. The van der Waals surface area contributed by atoms with Gasteiger partial charge in [-0.25, -0.2) is 9.37 Å². The fraction of sp³-hybridized carbons (Fsp3) is 0.0952. The summed E-state index contributed by atoms with van der Waals surface area (Å²) in [6.07, 6.45) is 6.47. The van der Waals surface area contributed by atoms with E-state index in [2.05, 4.69) is 11.1 Å². The van der Waals surface area contributed by atoms with Gasteiger partial charge in [-0.3, -0.25) is 0 Å². The van der Waals surface area contributed by atoms with Crippen LogP contribution in [0, 0.1) is 5.82 Å². The molecule has 1 heterocycles. The fourth-order valence-electron chi connectivity index (χ4n) is 2.31. The van der Waals surface area contributed by atoms with Crippen molar-refractivity contribution in [1.82, 2.24) is 4.98 Å². The Morgan fingerprint density at radius 3 is 2.40 bits per heavy atom. The average molecular weight is 335 g/mol. The molecule has 0 atom stereocenters. The smallest absolute Gasteiger partial charge is 0.226 e. The first-order valence-electron chi connectivity index (χ1n) is 7.92. The summed E-state index contributed by atoms with van der Waals surface area (Å²) in [4.78, 5) is 4.26. The second-order valence-electron chi connectivity index (χ2n) is 5.41. The van der Waals surface area contributed by atoms with Crippen molar-refractivity contribution in [3.8, 4) is 17.4 Å². The maximum atomic E-state index is 13.0. The number of hydrogen-bond donors (Lipinski definition) is 0. The lowest BCUT2D eigenvalue weighted by Crippen LogP contribution is -1.91. The van der Waals surface area contributed by atoms with Crippen molar-refractivity contribution >= 4 is 6.08 Å². The number of hydrogen-bond acceptors (Lipinski definition) is 3. The normalized spacial score (nSPS) is 10.8. The molecule has 1 aromatic heterocycles. The molecule has 4 heteroatoms. The summed E-state index contributed by atoms with van der Waals surface area (Å²) in [6, 6.07) is 17.6. The minimum atomic E-state index is -0.298. The molecule has 25 heavy (non-hydrogen) atoms. The van der Waals surface area contributed by atoms with Crippen molar-refractivity contribution in [3.63, 3.8) is 0 Å². The van der Waals surface area contributed by atoms with Crippen molar-refractivity contribution in [2.45, 2.75) is 6.42 Å². The number of rotatable bonds is 6. The lowest BCUT2D eigenvalue weighted by Gasteiger charge is -2.07. The number of halogens is 1. The number of allylic oxidation sites excluding steroid dienone is 1. The third-order valence-electron chi connectivity index (χ3n) is 3.64. The van der Waals surface area contributed by atoms with Gasteiger partial charge in [0.1, 0.15) is 17.3 Å². The van der Waals surface area contributed by atoms with Gasteiger partial charge in [0.05, 0.1) is 7.11 Å². The molecule has 0 amide bonds. The summed E-state index contributed by atoms with van der Waals surface area (Å²) in [6.45, 7) is 0. The number of methoxy groups -OCH3 is 1. The minimum absolute atomic E-state index is 0.298. The van der Waals surface area contributed by atoms with E-state index in [1.807, 2.05) is 42.5 Å². The van der Waals surface area contributed by atoms with Crippen LogP contribution in [-0.2, 0) is 6.42 Å². The Morgan fingerprint density at radius 1 is 0.960 bits per heavy atom. The highest BCUT2D eigenvalue weighted by Crippen LogP contribution is 2.24. The molecule has 0 aliphatic heterocycles. The van der Waals surface area contributed by atoms with Gasteiger partial charge in [0, 0.05) is 11.8 Å². The van der Waals surface area contributed by atoms with Crippen molar-refractivity contribution in [1.29, 1.82) is 0 Å². The molecule has 0 radical (unpaired) electrons. The lowest BCUT2D eigenvalue weighted by atomic mass is 10.1. The van der Waals surface area contributed by atoms with Gasteiger partial charge in [-0.15, -0.1) is 0 Å². The zero-order chi connectivity index (χ0) is 17.5. The van der Waals surface area contributed by atoms with Gasteiger partial charge in [0.25, 0.3) is 0 Å².